The molecule has 0 radical (unpaired) electrons. The minimum absolute atomic E-state index is 0.0575. The van der Waals surface area contributed by atoms with E-state index in [1.165, 1.54) is 0 Å². The fraction of sp³-hybridized carbons (Fsp3) is 0.500. The highest BCUT2D eigenvalue weighted by Crippen LogP contribution is 2.18. The normalized spacial score (nSPS) is 23.0. The number of aliphatic hydroxyl groups is 1. The van der Waals surface area contributed by atoms with Crippen molar-refractivity contribution >= 4 is 11.6 Å². The van der Waals surface area contributed by atoms with Crippen LogP contribution < -0.4 is 10.6 Å². The molecule has 1 aromatic rings. The third-order valence-electron chi connectivity index (χ3n) is 3.48. The van der Waals surface area contributed by atoms with Crippen LogP contribution in [0.3, 0.4) is 0 Å². The zero-order valence-electron chi connectivity index (χ0n) is 10.6. The Bertz CT molecular complexity index is 403. The number of aliphatic hydroxyl groups excluding tert-OH is 1. The molecule has 1 fully saturated rings. The molecule has 0 aliphatic carbocycles. The zero-order valence-corrected chi connectivity index (χ0v) is 10.6. The molecule has 0 aromatic heterocycles. The molecule has 2 rings (SSSR count). The molecule has 98 valence electrons. The van der Waals surface area contributed by atoms with Gasteiger partial charge in [0.05, 0.1) is 5.92 Å². The highest BCUT2D eigenvalue weighted by molar-refractivity contribution is 5.93. The maximum atomic E-state index is 12.0. The van der Waals surface area contributed by atoms with Gasteiger partial charge in [0.15, 0.2) is 0 Å². The summed E-state index contributed by atoms with van der Waals surface area (Å²) in [5, 5.41) is 15.0. The van der Waals surface area contributed by atoms with Crippen molar-refractivity contribution < 1.29 is 9.90 Å². The fourth-order valence-electron chi connectivity index (χ4n) is 2.34. The fourth-order valence-corrected chi connectivity index (χ4v) is 2.34. The monoisotopic (exact) mass is 248 g/mol. The summed E-state index contributed by atoms with van der Waals surface area (Å²) in [6.45, 7) is 3.10. The Labute approximate surface area is 107 Å². The smallest absolute Gasteiger partial charge is 0.229 e. The van der Waals surface area contributed by atoms with Crippen LogP contribution in [0.25, 0.3) is 0 Å². The molecule has 1 saturated heterocycles. The van der Waals surface area contributed by atoms with Gasteiger partial charge in [-0.05, 0) is 44.0 Å². The Kier molecular flexibility index (Phi) is 4.33. The second kappa shape index (κ2) is 5.98. The van der Waals surface area contributed by atoms with E-state index in [9.17, 15) is 4.79 Å². The van der Waals surface area contributed by atoms with Gasteiger partial charge in [-0.15, -0.1) is 0 Å². The van der Waals surface area contributed by atoms with Crippen LogP contribution in [0.15, 0.2) is 24.3 Å². The quantitative estimate of drug-likeness (QED) is 0.749. The van der Waals surface area contributed by atoms with Gasteiger partial charge in [0.2, 0.25) is 5.91 Å². The number of hydrogen-bond donors (Lipinski definition) is 3. The highest BCUT2D eigenvalue weighted by Gasteiger charge is 2.29. The number of amides is 1. The summed E-state index contributed by atoms with van der Waals surface area (Å²) in [5.74, 6) is 0.143. The van der Waals surface area contributed by atoms with Crippen LogP contribution in [-0.2, 0) is 11.2 Å². The SMILES string of the molecule is CC1NCCC1C(=O)Nc1ccc(CCO)cc1. The van der Waals surface area contributed by atoms with Gasteiger partial charge in [0.1, 0.15) is 0 Å². The first kappa shape index (κ1) is 13.1. The van der Waals surface area contributed by atoms with Crippen molar-refractivity contribution in [1.29, 1.82) is 0 Å². The second-order valence-corrected chi connectivity index (χ2v) is 4.80. The summed E-state index contributed by atoms with van der Waals surface area (Å²) >= 11 is 0. The van der Waals surface area contributed by atoms with E-state index >= 15 is 0 Å². The lowest BCUT2D eigenvalue weighted by molar-refractivity contribution is -0.120. The van der Waals surface area contributed by atoms with Gasteiger partial charge in [-0.25, -0.2) is 0 Å². The first-order valence-electron chi connectivity index (χ1n) is 6.45. The molecule has 1 aliphatic heterocycles. The molecular formula is C14H20N2O2. The minimum Gasteiger partial charge on any atom is -0.396 e. The van der Waals surface area contributed by atoms with E-state index in [2.05, 4.69) is 10.6 Å². The maximum Gasteiger partial charge on any atom is 0.229 e. The Morgan fingerprint density at radius 2 is 2.17 bits per heavy atom. The predicted octanol–water partition coefficient (Wildman–Crippen LogP) is 1.16. The summed E-state index contributed by atoms with van der Waals surface area (Å²) in [6.07, 6.45) is 1.55. The van der Waals surface area contributed by atoms with Crippen LogP contribution >= 0.6 is 0 Å². The third-order valence-corrected chi connectivity index (χ3v) is 3.48. The van der Waals surface area contributed by atoms with Crippen LogP contribution in [-0.4, -0.2) is 30.2 Å². The van der Waals surface area contributed by atoms with Crippen molar-refractivity contribution in [1.82, 2.24) is 5.32 Å². The lowest BCUT2D eigenvalue weighted by atomic mass is 10.0. The second-order valence-electron chi connectivity index (χ2n) is 4.80. The molecule has 0 spiro atoms. The largest absolute Gasteiger partial charge is 0.396 e. The lowest BCUT2D eigenvalue weighted by Gasteiger charge is -2.15. The van der Waals surface area contributed by atoms with Gasteiger partial charge < -0.3 is 15.7 Å². The lowest BCUT2D eigenvalue weighted by Crippen LogP contribution is -2.32. The molecule has 1 aromatic carbocycles. The number of hydrogen-bond acceptors (Lipinski definition) is 3. The van der Waals surface area contributed by atoms with Gasteiger partial charge in [-0.3, -0.25) is 4.79 Å². The molecule has 1 heterocycles. The first-order chi connectivity index (χ1) is 8.70. The maximum absolute atomic E-state index is 12.0. The Hall–Kier alpha value is -1.39. The van der Waals surface area contributed by atoms with E-state index in [4.69, 9.17) is 5.11 Å². The molecule has 2 atom stereocenters. The van der Waals surface area contributed by atoms with Gasteiger partial charge in [0.25, 0.3) is 0 Å². The topological polar surface area (TPSA) is 61.4 Å². The summed E-state index contributed by atoms with van der Waals surface area (Å²) < 4.78 is 0. The van der Waals surface area contributed by atoms with E-state index in [1.54, 1.807) is 0 Å². The van der Waals surface area contributed by atoms with E-state index in [1.807, 2.05) is 31.2 Å². The standard InChI is InChI=1S/C14H20N2O2/c1-10-13(6-8-15-10)14(18)16-12-4-2-11(3-5-12)7-9-17/h2-5,10,13,15,17H,6-9H2,1H3,(H,16,18). The zero-order chi connectivity index (χ0) is 13.0. The van der Waals surface area contributed by atoms with Crippen LogP contribution in [0.4, 0.5) is 5.69 Å². The molecule has 1 aliphatic rings. The van der Waals surface area contributed by atoms with Crippen LogP contribution in [0, 0.1) is 5.92 Å². The van der Waals surface area contributed by atoms with Gasteiger partial charge in [0, 0.05) is 18.3 Å². The van der Waals surface area contributed by atoms with Crippen molar-refractivity contribution in [3.63, 3.8) is 0 Å². The van der Waals surface area contributed by atoms with Crippen molar-refractivity contribution in [3.8, 4) is 0 Å². The number of carbonyl (C=O) groups is 1. The molecule has 3 N–H and O–H groups in total. The van der Waals surface area contributed by atoms with E-state index in [0.717, 1.165) is 24.2 Å². The van der Waals surface area contributed by atoms with Gasteiger partial charge in [-0.1, -0.05) is 12.1 Å². The van der Waals surface area contributed by atoms with E-state index < -0.39 is 0 Å². The molecule has 4 nitrogen and oxygen atoms in total. The number of carbonyl (C=O) groups excluding carboxylic acids is 1. The minimum atomic E-state index is 0.0575. The van der Waals surface area contributed by atoms with Crippen molar-refractivity contribution in [2.75, 3.05) is 18.5 Å². The summed E-state index contributed by atoms with van der Waals surface area (Å²) in [5.41, 5.74) is 1.90. The van der Waals surface area contributed by atoms with E-state index in [-0.39, 0.29) is 24.5 Å². The van der Waals surface area contributed by atoms with Gasteiger partial charge in [-0.2, -0.15) is 0 Å². The summed E-state index contributed by atoms with van der Waals surface area (Å²) in [7, 11) is 0. The number of rotatable bonds is 4. The average Bonchev–Trinajstić information content (AvgIpc) is 2.78. The molecule has 0 saturated carbocycles. The molecule has 4 heteroatoms. The van der Waals surface area contributed by atoms with E-state index in [0.29, 0.717) is 6.42 Å². The highest BCUT2D eigenvalue weighted by atomic mass is 16.2. The van der Waals surface area contributed by atoms with Crippen molar-refractivity contribution in [3.05, 3.63) is 29.8 Å². The third kappa shape index (κ3) is 3.09. The summed E-state index contributed by atoms with van der Waals surface area (Å²) in [4.78, 5) is 12.0. The van der Waals surface area contributed by atoms with Crippen molar-refractivity contribution in [2.24, 2.45) is 5.92 Å². The molecular weight excluding hydrogens is 228 g/mol. The number of nitrogens with one attached hydrogen (secondary N) is 2. The Morgan fingerprint density at radius 1 is 1.44 bits per heavy atom. The Morgan fingerprint density at radius 3 is 2.72 bits per heavy atom. The predicted molar refractivity (Wildman–Crippen MR) is 71.4 cm³/mol. The Balaban J connectivity index is 1.94. The first-order valence-corrected chi connectivity index (χ1v) is 6.45. The van der Waals surface area contributed by atoms with Gasteiger partial charge >= 0.3 is 0 Å². The summed E-state index contributed by atoms with van der Waals surface area (Å²) in [6, 6.07) is 7.88. The van der Waals surface area contributed by atoms with Crippen molar-refractivity contribution in [2.45, 2.75) is 25.8 Å². The molecule has 1 amide bonds. The molecule has 18 heavy (non-hydrogen) atoms. The number of anilines is 1. The van der Waals surface area contributed by atoms with Crippen LogP contribution in [0.5, 0.6) is 0 Å². The average molecular weight is 248 g/mol. The molecule has 2 unspecified atom stereocenters. The number of benzene rings is 1. The van der Waals surface area contributed by atoms with Crippen LogP contribution in [0.1, 0.15) is 18.9 Å². The van der Waals surface area contributed by atoms with Crippen LogP contribution in [0.2, 0.25) is 0 Å². The molecule has 0 bridgehead atoms.